The van der Waals surface area contributed by atoms with Crippen LogP contribution in [0.5, 0.6) is 5.75 Å². The van der Waals surface area contributed by atoms with E-state index in [1.165, 1.54) is 6.92 Å². The van der Waals surface area contributed by atoms with Crippen LogP contribution in [-0.4, -0.2) is 23.5 Å². The normalized spacial score (nSPS) is 10.9. The number of ether oxygens (including phenoxy) is 1. The van der Waals surface area contributed by atoms with Gasteiger partial charge >= 0.3 is 0 Å². The van der Waals surface area contributed by atoms with E-state index in [1.807, 2.05) is 39.8 Å². The molecule has 6 nitrogen and oxygen atoms in total. The summed E-state index contributed by atoms with van der Waals surface area (Å²) in [5.74, 6) is 0.570. The number of hydrogen-bond donors (Lipinski definition) is 3. The molecular formula is C24H31N3O3S. The Bertz CT molecular complexity index is 957. The predicted octanol–water partition coefficient (Wildman–Crippen LogP) is 4.96. The second-order valence-corrected chi connectivity index (χ2v) is 8.68. The van der Waals surface area contributed by atoms with Crippen molar-refractivity contribution in [2.45, 2.75) is 47.5 Å². The van der Waals surface area contributed by atoms with Gasteiger partial charge in [-0.3, -0.25) is 9.59 Å². The fourth-order valence-corrected chi connectivity index (χ4v) is 3.20. The maximum absolute atomic E-state index is 12.7. The molecule has 0 aliphatic carbocycles. The molecule has 0 atom stereocenters. The molecule has 166 valence electrons. The summed E-state index contributed by atoms with van der Waals surface area (Å²) >= 11 is 5.28. The van der Waals surface area contributed by atoms with Crippen molar-refractivity contribution >= 4 is 40.5 Å². The smallest absolute Gasteiger partial charge is 0.231 e. The van der Waals surface area contributed by atoms with Crippen molar-refractivity contribution in [2.75, 3.05) is 17.2 Å². The van der Waals surface area contributed by atoms with Gasteiger partial charge in [-0.25, -0.2) is 0 Å². The van der Waals surface area contributed by atoms with Gasteiger partial charge in [0.05, 0.1) is 6.61 Å². The minimum absolute atomic E-state index is 0.156. The van der Waals surface area contributed by atoms with E-state index in [2.05, 4.69) is 22.0 Å². The van der Waals surface area contributed by atoms with E-state index in [1.54, 1.807) is 24.3 Å². The Labute approximate surface area is 189 Å². The van der Waals surface area contributed by atoms with E-state index in [0.29, 0.717) is 24.4 Å². The van der Waals surface area contributed by atoms with Gasteiger partial charge in [-0.2, -0.15) is 0 Å². The Morgan fingerprint density at radius 1 is 1.03 bits per heavy atom. The molecule has 31 heavy (non-hydrogen) atoms. The third-order valence-electron chi connectivity index (χ3n) is 4.83. The van der Waals surface area contributed by atoms with Gasteiger partial charge in [0.1, 0.15) is 5.75 Å². The minimum Gasteiger partial charge on any atom is -0.493 e. The highest BCUT2D eigenvalue weighted by Gasteiger charge is 2.27. The Morgan fingerprint density at radius 3 is 2.39 bits per heavy atom. The van der Waals surface area contributed by atoms with Crippen molar-refractivity contribution in [2.24, 2.45) is 5.41 Å². The quantitative estimate of drug-likeness (QED) is 0.399. The molecule has 0 unspecified atom stereocenters. The third-order valence-corrected chi connectivity index (χ3v) is 5.03. The number of nitrogens with one attached hydrogen (secondary N) is 3. The van der Waals surface area contributed by atoms with Gasteiger partial charge in [0.15, 0.2) is 5.11 Å². The second kappa shape index (κ2) is 10.9. The SMILES string of the molecule is CC(=O)Nc1cccc(NC(=S)NC(=O)C(C)(C)CCCOc2cc(C)ccc2C)c1. The molecule has 0 bridgehead atoms. The summed E-state index contributed by atoms with van der Waals surface area (Å²) in [5.41, 5.74) is 2.98. The summed E-state index contributed by atoms with van der Waals surface area (Å²) in [6, 6.07) is 13.2. The number of hydrogen-bond acceptors (Lipinski definition) is 4. The van der Waals surface area contributed by atoms with Gasteiger partial charge in [-0.05, 0) is 74.3 Å². The van der Waals surface area contributed by atoms with E-state index in [9.17, 15) is 9.59 Å². The number of aryl methyl sites for hydroxylation is 2. The second-order valence-electron chi connectivity index (χ2n) is 8.28. The molecule has 2 amide bonds. The van der Waals surface area contributed by atoms with Gasteiger partial charge in [-0.1, -0.05) is 32.0 Å². The number of carbonyl (C=O) groups excluding carboxylic acids is 2. The molecule has 0 radical (unpaired) electrons. The van der Waals surface area contributed by atoms with Crippen LogP contribution in [0.3, 0.4) is 0 Å². The van der Waals surface area contributed by atoms with E-state index in [4.69, 9.17) is 17.0 Å². The highest BCUT2D eigenvalue weighted by Crippen LogP contribution is 2.24. The zero-order valence-corrected chi connectivity index (χ0v) is 19.6. The van der Waals surface area contributed by atoms with Crippen LogP contribution < -0.4 is 20.7 Å². The fourth-order valence-electron chi connectivity index (χ4n) is 2.99. The maximum atomic E-state index is 12.7. The molecule has 3 N–H and O–H groups in total. The third kappa shape index (κ3) is 8.02. The molecule has 0 heterocycles. The average Bonchev–Trinajstić information content (AvgIpc) is 2.67. The van der Waals surface area contributed by atoms with Gasteiger partial charge in [0.25, 0.3) is 0 Å². The summed E-state index contributed by atoms with van der Waals surface area (Å²) in [6.45, 7) is 9.82. The van der Waals surface area contributed by atoms with Crippen molar-refractivity contribution in [3.8, 4) is 5.75 Å². The van der Waals surface area contributed by atoms with Gasteiger partial charge < -0.3 is 20.7 Å². The number of rotatable bonds is 8. The summed E-state index contributed by atoms with van der Waals surface area (Å²) in [5, 5.41) is 8.66. The molecule has 0 spiro atoms. The lowest BCUT2D eigenvalue weighted by molar-refractivity contribution is -0.128. The minimum atomic E-state index is -0.602. The number of anilines is 2. The first-order valence-corrected chi connectivity index (χ1v) is 10.7. The van der Waals surface area contributed by atoms with E-state index in [-0.39, 0.29) is 16.9 Å². The standard InChI is InChI=1S/C24H31N3O3S/c1-16-10-11-17(2)21(14-16)30-13-7-12-24(4,5)22(29)27-23(31)26-20-9-6-8-19(15-20)25-18(3)28/h6,8-11,14-15H,7,12-13H2,1-5H3,(H,25,28)(H2,26,27,29,31). The zero-order chi connectivity index (χ0) is 23.0. The molecular weight excluding hydrogens is 410 g/mol. The molecule has 0 fully saturated rings. The Hall–Kier alpha value is -2.93. The first-order valence-electron chi connectivity index (χ1n) is 10.3. The molecule has 7 heteroatoms. The van der Waals surface area contributed by atoms with Crippen molar-refractivity contribution < 1.29 is 14.3 Å². The molecule has 0 saturated heterocycles. The van der Waals surface area contributed by atoms with Crippen molar-refractivity contribution in [3.05, 3.63) is 53.6 Å². The number of carbonyl (C=O) groups is 2. The van der Waals surface area contributed by atoms with E-state index >= 15 is 0 Å². The van der Waals surface area contributed by atoms with Crippen LogP contribution in [0.1, 0.15) is 44.7 Å². The predicted molar refractivity (Wildman–Crippen MR) is 130 cm³/mol. The van der Waals surface area contributed by atoms with Crippen molar-refractivity contribution in [3.63, 3.8) is 0 Å². The average molecular weight is 442 g/mol. The first kappa shape index (κ1) is 24.3. The number of amides is 2. The maximum Gasteiger partial charge on any atom is 0.231 e. The van der Waals surface area contributed by atoms with Crippen molar-refractivity contribution in [1.29, 1.82) is 0 Å². The lowest BCUT2D eigenvalue weighted by Crippen LogP contribution is -2.42. The first-order chi connectivity index (χ1) is 14.6. The van der Waals surface area contributed by atoms with E-state index in [0.717, 1.165) is 23.3 Å². The summed E-state index contributed by atoms with van der Waals surface area (Å²) in [4.78, 5) is 23.9. The van der Waals surface area contributed by atoms with Gasteiger partial charge in [-0.15, -0.1) is 0 Å². The molecule has 0 aromatic heterocycles. The number of thiocarbonyl (C=S) groups is 1. The van der Waals surface area contributed by atoms with Crippen LogP contribution in [0.15, 0.2) is 42.5 Å². The monoisotopic (exact) mass is 441 g/mol. The Balaban J connectivity index is 1.82. The summed E-state index contributed by atoms with van der Waals surface area (Å²) < 4.78 is 5.89. The van der Waals surface area contributed by atoms with Crippen molar-refractivity contribution in [1.82, 2.24) is 5.32 Å². The van der Waals surface area contributed by atoms with Crippen LogP contribution in [0, 0.1) is 19.3 Å². The van der Waals surface area contributed by atoms with Gasteiger partial charge in [0.2, 0.25) is 11.8 Å². The molecule has 0 aliphatic heterocycles. The Kier molecular flexibility index (Phi) is 8.56. The molecule has 2 aromatic carbocycles. The van der Waals surface area contributed by atoms with Crippen LogP contribution >= 0.6 is 12.2 Å². The summed E-state index contributed by atoms with van der Waals surface area (Å²) in [7, 11) is 0. The van der Waals surface area contributed by atoms with E-state index < -0.39 is 5.41 Å². The van der Waals surface area contributed by atoms with Crippen LogP contribution in [-0.2, 0) is 9.59 Å². The lowest BCUT2D eigenvalue weighted by atomic mass is 9.87. The number of benzene rings is 2. The highest BCUT2D eigenvalue weighted by atomic mass is 32.1. The van der Waals surface area contributed by atoms with Gasteiger partial charge in [0, 0.05) is 23.7 Å². The van der Waals surface area contributed by atoms with Crippen LogP contribution in [0.25, 0.3) is 0 Å². The highest BCUT2D eigenvalue weighted by molar-refractivity contribution is 7.80. The molecule has 0 aliphatic rings. The fraction of sp³-hybridized carbons (Fsp3) is 0.375. The van der Waals surface area contributed by atoms with Crippen LogP contribution in [0.2, 0.25) is 0 Å². The molecule has 2 aromatic rings. The zero-order valence-electron chi connectivity index (χ0n) is 18.8. The van der Waals surface area contributed by atoms with Crippen LogP contribution in [0.4, 0.5) is 11.4 Å². The summed E-state index contributed by atoms with van der Waals surface area (Å²) in [6.07, 6.45) is 1.40. The molecule has 2 rings (SSSR count). The largest absolute Gasteiger partial charge is 0.493 e. The topological polar surface area (TPSA) is 79.5 Å². The lowest BCUT2D eigenvalue weighted by Gasteiger charge is -2.24. The Morgan fingerprint density at radius 2 is 1.71 bits per heavy atom. The molecule has 0 saturated carbocycles.